The molecule has 1 fully saturated rings. The van der Waals surface area contributed by atoms with E-state index in [2.05, 4.69) is 37.4 Å². The molecule has 1 aliphatic heterocycles. The first-order valence-corrected chi connectivity index (χ1v) is 9.32. The Hall–Kier alpha value is -1.40. The van der Waals surface area contributed by atoms with E-state index in [0.29, 0.717) is 13.0 Å². The Balaban J connectivity index is 1.84. The summed E-state index contributed by atoms with van der Waals surface area (Å²) in [5.74, 6) is 0.130. The van der Waals surface area contributed by atoms with Gasteiger partial charge in [-0.2, -0.15) is 0 Å². The molecular formula is C16H24N2O3S. The fourth-order valence-electron chi connectivity index (χ4n) is 2.80. The summed E-state index contributed by atoms with van der Waals surface area (Å²) in [6.45, 7) is 5.09. The van der Waals surface area contributed by atoms with E-state index in [9.17, 15) is 13.2 Å². The first-order valence-electron chi connectivity index (χ1n) is 7.49. The van der Waals surface area contributed by atoms with Crippen LogP contribution >= 0.6 is 0 Å². The lowest BCUT2D eigenvalue weighted by Crippen LogP contribution is -2.41. The molecule has 1 heterocycles. The third kappa shape index (κ3) is 4.81. The van der Waals surface area contributed by atoms with Crippen molar-refractivity contribution in [3.63, 3.8) is 0 Å². The fraction of sp³-hybridized carbons (Fsp3) is 0.562. The van der Waals surface area contributed by atoms with E-state index in [-0.39, 0.29) is 30.0 Å². The molecule has 22 heavy (non-hydrogen) atoms. The number of sulfone groups is 1. The average Bonchev–Trinajstić information content (AvgIpc) is 2.71. The number of carbonyl (C=O) groups is 1. The quantitative estimate of drug-likeness (QED) is 0.879. The summed E-state index contributed by atoms with van der Waals surface area (Å²) in [7, 11) is -1.06. The van der Waals surface area contributed by atoms with Crippen molar-refractivity contribution >= 4 is 15.7 Å². The molecule has 0 saturated carbocycles. The third-order valence-electron chi connectivity index (χ3n) is 3.95. The number of carbonyl (C=O) groups excluding carboxylic acids is 1. The number of amides is 1. The minimum atomic E-state index is -2.96. The zero-order chi connectivity index (χ0) is 16.3. The average molecular weight is 324 g/mol. The third-order valence-corrected chi connectivity index (χ3v) is 5.72. The first-order chi connectivity index (χ1) is 10.2. The Morgan fingerprint density at radius 1 is 1.36 bits per heavy atom. The second-order valence-electron chi connectivity index (χ2n) is 6.27. The zero-order valence-corrected chi connectivity index (χ0v) is 14.2. The highest BCUT2D eigenvalue weighted by atomic mass is 32.2. The van der Waals surface area contributed by atoms with Crippen LogP contribution in [0.5, 0.6) is 0 Å². The Morgan fingerprint density at radius 2 is 2.09 bits per heavy atom. The van der Waals surface area contributed by atoms with Crippen molar-refractivity contribution in [2.24, 2.45) is 0 Å². The van der Waals surface area contributed by atoms with Crippen LogP contribution < -0.4 is 5.32 Å². The van der Waals surface area contributed by atoms with E-state index in [4.69, 9.17) is 0 Å². The Morgan fingerprint density at radius 3 is 2.68 bits per heavy atom. The van der Waals surface area contributed by atoms with Gasteiger partial charge in [-0.1, -0.05) is 23.8 Å². The molecule has 5 nitrogen and oxygen atoms in total. The molecule has 1 aromatic rings. The molecule has 2 rings (SSSR count). The van der Waals surface area contributed by atoms with E-state index in [1.54, 1.807) is 0 Å². The number of benzene rings is 1. The van der Waals surface area contributed by atoms with Gasteiger partial charge in [0.25, 0.3) is 0 Å². The van der Waals surface area contributed by atoms with Crippen LogP contribution in [0.15, 0.2) is 18.2 Å². The van der Waals surface area contributed by atoms with Crippen molar-refractivity contribution in [3.8, 4) is 0 Å². The van der Waals surface area contributed by atoms with Crippen LogP contribution in [0.4, 0.5) is 0 Å². The van der Waals surface area contributed by atoms with E-state index >= 15 is 0 Å². The summed E-state index contributed by atoms with van der Waals surface area (Å²) in [5.41, 5.74) is 3.64. The van der Waals surface area contributed by atoms with E-state index in [1.807, 2.05) is 11.9 Å². The molecule has 0 spiro atoms. The predicted molar refractivity (Wildman–Crippen MR) is 87.5 cm³/mol. The first kappa shape index (κ1) is 17.0. The second-order valence-corrected chi connectivity index (χ2v) is 8.50. The number of aryl methyl sites for hydroxylation is 2. The van der Waals surface area contributed by atoms with Gasteiger partial charge in [0.2, 0.25) is 5.91 Å². The lowest BCUT2D eigenvalue weighted by atomic mass is 10.1. The minimum Gasteiger partial charge on any atom is -0.351 e. The van der Waals surface area contributed by atoms with Gasteiger partial charge in [-0.25, -0.2) is 8.42 Å². The van der Waals surface area contributed by atoms with Gasteiger partial charge in [-0.15, -0.1) is 0 Å². The van der Waals surface area contributed by atoms with Crippen LogP contribution in [-0.4, -0.2) is 50.4 Å². The van der Waals surface area contributed by atoms with E-state index in [1.165, 1.54) is 16.7 Å². The van der Waals surface area contributed by atoms with Crippen LogP contribution in [0.1, 0.15) is 23.1 Å². The minimum absolute atomic E-state index is 0.0690. The van der Waals surface area contributed by atoms with Crippen LogP contribution in [0.25, 0.3) is 0 Å². The van der Waals surface area contributed by atoms with Crippen LogP contribution in [0, 0.1) is 13.8 Å². The van der Waals surface area contributed by atoms with Crippen LogP contribution in [-0.2, 0) is 21.2 Å². The molecule has 0 bridgehead atoms. The van der Waals surface area contributed by atoms with Crippen molar-refractivity contribution < 1.29 is 13.2 Å². The molecule has 122 valence electrons. The SMILES string of the molecule is Cc1ccc(CN(C)CC(=O)N[C@H]2CCS(=O)(=O)C2)c(C)c1. The summed E-state index contributed by atoms with van der Waals surface area (Å²) in [6, 6.07) is 6.06. The van der Waals surface area contributed by atoms with Crippen LogP contribution in [0.2, 0.25) is 0 Å². The summed E-state index contributed by atoms with van der Waals surface area (Å²) in [6.07, 6.45) is 0.523. The molecule has 0 radical (unpaired) electrons. The van der Waals surface area contributed by atoms with E-state index in [0.717, 1.165) is 0 Å². The van der Waals surface area contributed by atoms with Crippen molar-refractivity contribution in [1.29, 1.82) is 0 Å². The Labute approximate surface area is 132 Å². The van der Waals surface area contributed by atoms with Crippen molar-refractivity contribution in [2.75, 3.05) is 25.1 Å². The number of nitrogens with zero attached hydrogens (tertiary/aromatic N) is 1. The maximum Gasteiger partial charge on any atom is 0.234 e. The topological polar surface area (TPSA) is 66.5 Å². The van der Waals surface area contributed by atoms with Gasteiger partial charge in [-0.3, -0.25) is 9.69 Å². The molecule has 1 N–H and O–H groups in total. The fourth-order valence-corrected chi connectivity index (χ4v) is 4.47. The summed E-state index contributed by atoms with van der Waals surface area (Å²) >= 11 is 0. The summed E-state index contributed by atoms with van der Waals surface area (Å²) in [4.78, 5) is 13.9. The number of nitrogens with one attached hydrogen (secondary N) is 1. The molecule has 0 unspecified atom stereocenters. The molecule has 1 aromatic carbocycles. The maximum absolute atomic E-state index is 12.0. The smallest absolute Gasteiger partial charge is 0.234 e. The Kier molecular flexibility index (Phi) is 5.24. The normalized spacial score (nSPS) is 20.3. The maximum atomic E-state index is 12.0. The largest absolute Gasteiger partial charge is 0.351 e. The highest BCUT2D eigenvalue weighted by Gasteiger charge is 2.28. The molecule has 0 aliphatic carbocycles. The summed E-state index contributed by atoms with van der Waals surface area (Å²) < 4.78 is 22.8. The molecule has 1 atom stereocenters. The van der Waals surface area contributed by atoms with Crippen molar-refractivity contribution in [3.05, 3.63) is 34.9 Å². The standard InChI is InChI=1S/C16H24N2O3S/c1-12-4-5-14(13(2)8-12)9-18(3)10-16(19)17-15-6-7-22(20,21)11-15/h4-5,8,15H,6-7,9-11H2,1-3H3,(H,17,19)/t15-/m0/s1. The number of hydrogen-bond donors (Lipinski definition) is 1. The molecule has 1 aliphatic rings. The zero-order valence-electron chi connectivity index (χ0n) is 13.4. The highest BCUT2D eigenvalue weighted by Crippen LogP contribution is 2.13. The Bertz CT molecular complexity index is 655. The van der Waals surface area contributed by atoms with Gasteiger partial charge >= 0.3 is 0 Å². The molecular weight excluding hydrogens is 300 g/mol. The molecule has 1 amide bonds. The monoisotopic (exact) mass is 324 g/mol. The van der Waals surface area contributed by atoms with Crippen molar-refractivity contribution in [2.45, 2.75) is 32.9 Å². The lowest BCUT2D eigenvalue weighted by molar-refractivity contribution is -0.122. The summed E-state index contributed by atoms with van der Waals surface area (Å²) in [5, 5.41) is 2.82. The van der Waals surface area contributed by atoms with Crippen molar-refractivity contribution in [1.82, 2.24) is 10.2 Å². The van der Waals surface area contributed by atoms with Gasteiger partial charge < -0.3 is 5.32 Å². The van der Waals surface area contributed by atoms with Gasteiger partial charge in [0.05, 0.1) is 18.1 Å². The van der Waals surface area contributed by atoms with E-state index < -0.39 is 9.84 Å². The van der Waals surface area contributed by atoms with Gasteiger partial charge in [0.15, 0.2) is 9.84 Å². The second kappa shape index (κ2) is 6.79. The molecule has 0 aromatic heterocycles. The molecule has 1 saturated heterocycles. The molecule has 6 heteroatoms. The van der Waals surface area contributed by atoms with Crippen LogP contribution in [0.3, 0.4) is 0 Å². The van der Waals surface area contributed by atoms with Gasteiger partial charge in [0, 0.05) is 12.6 Å². The predicted octanol–water partition coefficient (Wildman–Crippen LogP) is 1.04. The number of likely N-dealkylation sites (N-methyl/N-ethyl adjacent to an activating group) is 1. The highest BCUT2D eigenvalue weighted by molar-refractivity contribution is 7.91. The number of hydrogen-bond acceptors (Lipinski definition) is 4. The lowest BCUT2D eigenvalue weighted by Gasteiger charge is -2.19. The number of rotatable bonds is 5. The van der Waals surface area contributed by atoms with Gasteiger partial charge in [0.1, 0.15) is 0 Å². The van der Waals surface area contributed by atoms with Gasteiger partial charge in [-0.05, 0) is 38.4 Å².